The quantitative estimate of drug-likeness (QED) is 0.0146. The normalized spacial score (nSPS) is 14.3. The van der Waals surface area contributed by atoms with E-state index in [1.165, 1.54) is 231 Å². The van der Waals surface area contributed by atoms with Crippen molar-refractivity contribution in [3.8, 4) is 0 Å². The first-order chi connectivity index (χ1) is 61.2. The number of hydrogen-bond donors (Lipinski definition) is 4. The van der Waals surface area contributed by atoms with E-state index in [-0.39, 0.29) is 19.3 Å². The van der Waals surface area contributed by atoms with Gasteiger partial charge in [-0.1, -0.05) is 436 Å². The maximum atomic E-state index is 13.1. The second kappa shape index (κ2) is 98.2. The van der Waals surface area contributed by atoms with Gasteiger partial charge in [-0.2, -0.15) is 0 Å². The van der Waals surface area contributed by atoms with E-state index in [1.54, 1.807) is 0 Å². The van der Waals surface area contributed by atoms with E-state index in [1.807, 2.05) is 0 Å². The number of unbranched alkanes of at least 4 members (excludes halogenated alkanes) is 47. The third-order valence-corrected chi connectivity index (χ3v) is 23.6. The average molecular weight is 1790 g/mol. The van der Waals surface area contributed by atoms with Gasteiger partial charge in [0.1, 0.15) is 25.4 Å². The Hall–Kier alpha value is -4.83. The molecular weight excluding hydrogens is 1600 g/mol. The van der Waals surface area contributed by atoms with Crippen molar-refractivity contribution in [2.45, 2.75) is 463 Å². The molecule has 0 aromatic rings. The lowest BCUT2D eigenvalue weighted by molar-refractivity contribution is -0.161. The van der Waals surface area contributed by atoms with Crippen LogP contribution in [0.5, 0.6) is 0 Å². The molecule has 0 amide bonds. The number of carbonyl (C=O) groups is 3. The summed E-state index contributed by atoms with van der Waals surface area (Å²) in [5.74, 6) is -1.57. The van der Waals surface area contributed by atoms with Crippen molar-refractivity contribution < 1.29 is 75.8 Å². The zero-order valence-electron chi connectivity index (χ0n) is 79.7. The monoisotopic (exact) mass is 1790 g/mol. The fourth-order valence-electron chi connectivity index (χ4n) is 14.1. The summed E-state index contributed by atoms with van der Waals surface area (Å²) in [6, 6.07) is 0. The first kappa shape index (κ1) is 120. The Bertz CT molecular complexity index is 2900. The lowest BCUT2D eigenvalue weighted by Crippen LogP contribution is -2.30. The molecule has 0 heterocycles. The number of esters is 3. The lowest BCUT2D eigenvalue weighted by Gasteiger charge is -2.21. The van der Waals surface area contributed by atoms with E-state index in [0.29, 0.717) is 19.3 Å². The summed E-state index contributed by atoms with van der Waals surface area (Å²) in [7, 11) is -9.81. The van der Waals surface area contributed by atoms with Gasteiger partial charge in [0.2, 0.25) is 0 Å². The molecular formula is C107H186O16P2. The smallest absolute Gasteiger partial charge is 0.463 e. The fourth-order valence-corrected chi connectivity index (χ4v) is 15.7. The van der Waals surface area contributed by atoms with Crippen LogP contribution in [0, 0.1) is 0 Å². The molecule has 0 aromatic carbocycles. The number of rotatable bonds is 96. The molecule has 0 spiro atoms. The Balaban J connectivity index is 4.47. The molecule has 0 aliphatic heterocycles. The molecule has 0 radical (unpaired) electrons. The second-order valence-electron chi connectivity index (χ2n) is 33.9. The van der Waals surface area contributed by atoms with Crippen LogP contribution >= 0.6 is 15.6 Å². The SMILES string of the molecule is CC/C=C\C/C=C\C/C=C\C/C=C\C/C=C\CCCCCCCCCCCCCCCCCCCCCC(=O)OCC(O)COP(=O)(O)OCC(O)COP(=O)(O)OCC(COC(=O)CCCCCCCCCCCCCCCCCCCCC/C=C\C/C=C\C/C=C\C/C=C\CCCCC)OC(=O)CCCCCCCC/C=C\C/C=C\C/C=C\C/C=C\CC. The van der Waals surface area contributed by atoms with E-state index in [0.717, 1.165) is 154 Å². The van der Waals surface area contributed by atoms with Gasteiger partial charge in [-0.25, -0.2) is 9.13 Å². The topological polar surface area (TPSA) is 231 Å². The predicted octanol–water partition coefficient (Wildman–Crippen LogP) is 32.0. The molecule has 0 aromatic heterocycles. The maximum absolute atomic E-state index is 13.1. The van der Waals surface area contributed by atoms with Crippen LogP contribution in [-0.4, -0.2) is 95.9 Å². The lowest BCUT2D eigenvalue weighted by atomic mass is 10.0. The van der Waals surface area contributed by atoms with Gasteiger partial charge >= 0.3 is 33.6 Å². The van der Waals surface area contributed by atoms with E-state index in [2.05, 4.69) is 179 Å². The van der Waals surface area contributed by atoms with Gasteiger partial charge in [0.15, 0.2) is 6.10 Å². The van der Waals surface area contributed by atoms with Crippen LogP contribution in [0.4, 0.5) is 0 Å². The first-order valence-corrected chi connectivity index (χ1v) is 53.8. The Morgan fingerprint density at radius 3 is 0.672 bits per heavy atom. The van der Waals surface area contributed by atoms with E-state index < -0.39 is 91.5 Å². The van der Waals surface area contributed by atoms with Gasteiger partial charge in [-0.15, -0.1) is 0 Å². The van der Waals surface area contributed by atoms with Crippen molar-refractivity contribution in [3.63, 3.8) is 0 Å². The Labute approximate surface area is 765 Å². The van der Waals surface area contributed by atoms with E-state index >= 15 is 0 Å². The van der Waals surface area contributed by atoms with E-state index in [9.17, 15) is 43.5 Å². The third-order valence-electron chi connectivity index (χ3n) is 21.7. The standard InChI is InChI=1S/C107H186O16P2/c1-4-7-10-13-16-19-22-25-28-31-34-36-38-40-42-44-46-48-50-52-54-56-58-60-62-64-67-69-72-75-78-81-84-87-90-93-105(110)117-96-102(108)97-119-124(113,114)120-98-103(109)99-121-125(115,116)122-101-104(123-107(112)95-92-89-86-83-80-77-74-71-66-33-30-27-24-21-18-15-12-9-6-3)100-118-106(111)94-91-88-85-82-79-76-73-70-68-65-63-61-59-57-55-53-51-49-47-45-43-41-39-37-35-32-29-26-23-20-17-14-11-8-5-2/h7,9-10,12,16-21,25-30,34-37,40-43,66,71,102-104,108-109H,4-6,8,11,13-15,22-24,31-33,38-39,44-65,67-70,72-101H2,1-3H3,(H,113,114)(H,115,116)/b10-7-,12-9-,19-16-,20-17-,21-18-,28-25-,29-26-,30-27-,36-34-,37-35-,42-40-,43-41-,71-66-. The summed E-state index contributed by atoms with van der Waals surface area (Å²) in [6.07, 6.45) is 128. The average Bonchev–Trinajstić information content (AvgIpc) is 0.893. The minimum atomic E-state index is -4.95. The summed E-state index contributed by atoms with van der Waals surface area (Å²) in [4.78, 5) is 59.1. The van der Waals surface area contributed by atoms with Gasteiger partial charge in [-0.3, -0.25) is 32.5 Å². The summed E-state index contributed by atoms with van der Waals surface area (Å²) in [6.45, 7) is 2.49. The van der Waals surface area contributed by atoms with Crippen molar-refractivity contribution in [2.75, 3.05) is 39.6 Å². The largest absolute Gasteiger partial charge is 0.472 e. The number of ether oxygens (including phenoxy) is 3. The van der Waals surface area contributed by atoms with Crippen LogP contribution in [0.15, 0.2) is 158 Å². The van der Waals surface area contributed by atoms with Gasteiger partial charge in [0.25, 0.3) is 0 Å². The Morgan fingerprint density at radius 2 is 0.424 bits per heavy atom. The van der Waals surface area contributed by atoms with Crippen LogP contribution in [-0.2, 0) is 55.8 Å². The van der Waals surface area contributed by atoms with Crippen LogP contribution in [0.3, 0.4) is 0 Å². The molecule has 0 saturated carbocycles. The van der Waals surface area contributed by atoms with Crippen LogP contribution in [0.25, 0.3) is 0 Å². The number of phosphoric acid groups is 2. The Kier molecular flexibility index (Phi) is 94.4. The van der Waals surface area contributed by atoms with Gasteiger partial charge in [0, 0.05) is 19.3 Å². The van der Waals surface area contributed by atoms with Gasteiger partial charge in [-0.05, 0) is 148 Å². The van der Waals surface area contributed by atoms with Crippen molar-refractivity contribution in [1.82, 2.24) is 0 Å². The molecule has 0 saturated heterocycles. The van der Waals surface area contributed by atoms with E-state index in [4.69, 9.17) is 32.3 Å². The van der Waals surface area contributed by atoms with Crippen LogP contribution < -0.4 is 0 Å². The maximum Gasteiger partial charge on any atom is 0.472 e. The highest BCUT2D eigenvalue weighted by atomic mass is 31.2. The summed E-state index contributed by atoms with van der Waals surface area (Å²) < 4.78 is 61.6. The third kappa shape index (κ3) is 99.6. The molecule has 5 unspecified atom stereocenters. The number of aliphatic hydroxyl groups excluding tert-OH is 2. The van der Waals surface area contributed by atoms with Crippen LogP contribution in [0.2, 0.25) is 0 Å². The number of allylic oxidation sites excluding steroid dienone is 26. The zero-order valence-corrected chi connectivity index (χ0v) is 81.5. The molecule has 18 heteroatoms. The number of carbonyl (C=O) groups excluding carboxylic acids is 3. The highest BCUT2D eigenvalue weighted by Crippen LogP contribution is 2.45. The molecule has 125 heavy (non-hydrogen) atoms. The molecule has 720 valence electrons. The van der Waals surface area contributed by atoms with Crippen LogP contribution in [0.1, 0.15) is 445 Å². The first-order valence-electron chi connectivity index (χ1n) is 50.8. The van der Waals surface area contributed by atoms with Crippen molar-refractivity contribution >= 4 is 33.6 Å². The highest BCUT2D eigenvalue weighted by Gasteiger charge is 2.30. The summed E-state index contributed by atoms with van der Waals surface area (Å²) in [5.41, 5.74) is 0. The Morgan fingerprint density at radius 1 is 0.232 bits per heavy atom. The molecule has 16 nitrogen and oxygen atoms in total. The summed E-state index contributed by atoms with van der Waals surface area (Å²) in [5, 5.41) is 20.8. The number of hydrogen-bond acceptors (Lipinski definition) is 14. The molecule has 5 atom stereocenters. The molecule has 0 rings (SSSR count). The minimum absolute atomic E-state index is 0.0877. The zero-order chi connectivity index (χ0) is 90.7. The van der Waals surface area contributed by atoms with Gasteiger partial charge < -0.3 is 34.2 Å². The van der Waals surface area contributed by atoms with Crippen molar-refractivity contribution in [3.05, 3.63) is 158 Å². The molecule has 0 fully saturated rings. The highest BCUT2D eigenvalue weighted by molar-refractivity contribution is 7.47. The fraction of sp³-hybridized carbons (Fsp3) is 0.729. The summed E-state index contributed by atoms with van der Waals surface area (Å²) >= 11 is 0. The van der Waals surface area contributed by atoms with Crippen molar-refractivity contribution in [1.29, 1.82) is 0 Å². The minimum Gasteiger partial charge on any atom is -0.463 e. The second-order valence-corrected chi connectivity index (χ2v) is 36.8. The molecule has 4 N–H and O–H groups in total. The van der Waals surface area contributed by atoms with Crippen molar-refractivity contribution in [2.24, 2.45) is 0 Å². The van der Waals surface area contributed by atoms with Gasteiger partial charge in [0.05, 0.1) is 26.4 Å². The number of phosphoric ester groups is 2. The predicted molar refractivity (Wildman–Crippen MR) is 528 cm³/mol. The molecule has 0 aliphatic carbocycles. The number of aliphatic hydroxyl groups is 2. The molecule has 0 bridgehead atoms. The molecule has 0 aliphatic rings.